The van der Waals surface area contributed by atoms with Crippen LogP contribution in [0.1, 0.15) is 15.9 Å². The number of thioether (sulfide) groups is 1. The average Bonchev–Trinajstić information content (AvgIpc) is 2.95. The molecule has 0 aliphatic carbocycles. The molecule has 0 atom stereocenters. The van der Waals surface area contributed by atoms with Crippen molar-refractivity contribution in [2.45, 2.75) is 0 Å². The van der Waals surface area contributed by atoms with Crippen LogP contribution in [0, 0.1) is 0 Å². The number of hydrogen-bond acceptors (Lipinski definition) is 7. The number of aromatic hydroxyl groups is 1. The number of nitrogens with one attached hydrogen (secondary N) is 1. The molecule has 3 N–H and O–H groups in total. The molecule has 1 heterocycles. The lowest BCUT2D eigenvalue weighted by Crippen LogP contribution is -2.36. The molecule has 2 amide bonds. The standard InChI is InChI=1S/C20H16N2O6S2/c1-28-13-5-2-11(3-6-13)8-16-18(25)22(20(29)30-16)10-17(24)21-12-4-7-14(19(26)27)15(23)9-12/h2-9,23H,10H2,1H3,(H,21,24)(H,26,27)/b16-8+. The van der Waals surface area contributed by atoms with E-state index in [2.05, 4.69) is 5.32 Å². The maximum Gasteiger partial charge on any atom is 0.339 e. The highest BCUT2D eigenvalue weighted by Crippen LogP contribution is 2.32. The van der Waals surface area contributed by atoms with E-state index in [9.17, 15) is 19.5 Å². The molecule has 10 heteroatoms. The van der Waals surface area contributed by atoms with Crippen LogP contribution in [-0.2, 0) is 9.59 Å². The number of amides is 2. The van der Waals surface area contributed by atoms with E-state index in [4.69, 9.17) is 22.1 Å². The van der Waals surface area contributed by atoms with Crippen molar-refractivity contribution in [3.63, 3.8) is 0 Å². The maximum absolute atomic E-state index is 12.6. The number of aromatic carboxylic acids is 1. The molecule has 1 aliphatic rings. The lowest BCUT2D eigenvalue weighted by molar-refractivity contribution is -0.126. The zero-order chi connectivity index (χ0) is 21.8. The molecule has 154 valence electrons. The van der Waals surface area contributed by atoms with Crippen molar-refractivity contribution in [2.24, 2.45) is 0 Å². The van der Waals surface area contributed by atoms with Crippen LogP contribution in [-0.4, -0.2) is 50.9 Å². The van der Waals surface area contributed by atoms with Gasteiger partial charge < -0.3 is 20.3 Å². The summed E-state index contributed by atoms with van der Waals surface area (Å²) in [5.41, 5.74) is 0.699. The fraction of sp³-hybridized carbons (Fsp3) is 0.100. The van der Waals surface area contributed by atoms with E-state index >= 15 is 0 Å². The topological polar surface area (TPSA) is 116 Å². The number of hydrogen-bond donors (Lipinski definition) is 3. The second kappa shape index (κ2) is 8.97. The van der Waals surface area contributed by atoms with Crippen LogP contribution in [0.25, 0.3) is 6.08 Å². The number of anilines is 1. The van der Waals surface area contributed by atoms with Gasteiger partial charge in [0.1, 0.15) is 27.9 Å². The molecule has 0 radical (unpaired) electrons. The molecule has 30 heavy (non-hydrogen) atoms. The van der Waals surface area contributed by atoms with E-state index in [1.807, 2.05) is 0 Å². The Hall–Kier alpha value is -3.37. The van der Waals surface area contributed by atoms with Crippen LogP contribution < -0.4 is 10.1 Å². The van der Waals surface area contributed by atoms with E-state index in [0.29, 0.717) is 10.7 Å². The third-order valence-electron chi connectivity index (χ3n) is 4.10. The first-order valence-electron chi connectivity index (χ1n) is 8.54. The van der Waals surface area contributed by atoms with Crippen LogP contribution in [0.5, 0.6) is 11.5 Å². The second-order valence-corrected chi connectivity index (χ2v) is 7.80. The fourth-order valence-corrected chi connectivity index (χ4v) is 3.88. The Bertz CT molecular complexity index is 1070. The molecule has 0 aromatic heterocycles. The molecular formula is C20H16N2O6S2. The monoisotopic (exact) mass is 444 g/mol. The molecule has 0 unspecified atom stereocenters. The Kier molecular flexibility index (Phi) is 6.38. The molecule has 0 saturated carbocycles. The summed E-state index contributed by atoms with van der Waals surface area (Å²) in [6.07, 6.45) is 1.68. The number of phenols is 1. The van der Waals surface area contributed by atoms with E-state index in [1.54, 1.807) is 37.5 Å². The van der Waals surface area contributed by atoms with Crippen LogP contribution in [0.4, 0.5) is 5.69 Å². The molecule has 2 aromatic rings. The fourth-order valence-electron chi connectivity index (χ4n) is 2.62. The van der Waals surface area contributed by atoms with Crippen molar-refractivity contribution in [1.82, 2.24) is 4.90 Å². The van der Waals surface area contributed by atoms with Crippen molar-refractivity contribution >= 4 is 57.8 Å². The Morgan fingerprint density at radius 3 is 2.53 bits per heavy atom. The molecular weight excluding hydrogens is 428 g/mol. The first-order chi connectivity index (χ1) is 14.3. The van der Waals surface area contributed by atoms with Gasteiger partial charge in [-0.15, -0.1) is 0 Å². The summed E-state index contributed by atoms with van der Waals surface area (Å²) in [6.45, 7) is -0.313. The minimum absolute atomic E-state index is 0.196. The number of thiocarbonyl (C=S) groups is 1. The molecule has 0 spiro atoms. The van der Waals surface area contributed by atoms with Gasteiger partial charge in [-0.25, -0.2) is 4.79 Å². The molecule has 0 bridgehead atoms. The second-order valence-electron chi connectivity index (χ2n) is 6.13. The van der Waals surface area contributed by atoms with Crippen LogP contribution in [0.15, 0.2) is 47.4 Å². The molecule has 3 rings (SSSR count). The largest absolute Gasteiger partial charge is 0.507 e. The number of benzene rings is 2. The number of carboxylic acids is 1. The van der Waals surface area contributed by atoms with Crippen molar-refractivity contribution in [3.05, 3.63) is 58.5 Å². The van der Waals surface area contributed by atoms with E-state index < -0.39 is 17.6 Å². The maximum atomic E-state index is 12.6. The Labute approximate surface area is 181 Å². The number of carboxylic acid groups (broad SMARTS) is 1. The highest BCUT2D eigenvalue weighted by molar-refractivity contribution is 8.26. The summed E-state index contributed by atoms with van der Waals surface area (Å²) in [4.78, 5) is 37.5. The predicted octanol–water partition coefficient (Wildman–Crippen LogP) is 2.94. The number of carbonyl (C=O) groups excluding carboxylic acids is 2. The Morgan fingerprint density at radius 2 is 1.93 bits per heavy atom. The summed E-state index contributed by atoms with van der Waals surface area (Å²) in [7, 11) is 1.56. The molecule has 1 aliphatic heterocycles. The number of nitrogens with zero attached hydrogens (tertiary/aromatic N) is 1. The number of carbonyl (C=O) groups is 3. The van der Waals surface area contributed by atoms with Gasteiger partial charge in [-0.2, -0.15) is 0 Å². The third kappa shape index (κ3) is 4.78. The van der Waals surface area contributed by atoms with E-state index in [0.717, 1.165) is 23.4 Å². The normalized spacial score (nSPS) is 14.8. The molecule has 1 saturated heterocycles. The average molecular weight is 444 g/mol. The van der Waals surface area contributed by atoms with Gasteiger partial charge in [0.2, 0.25) is 5.91 Å². The number of ether oxygens (including phenoxy) is 1. The van der Waals surface area contributed by atoms with Gasteiger partial charge in [-0.05, 0) is 35.9 Å². The predicted molar refractivity (Wildman–Crippen MR) is 117 cm³/mol. The molecule has 2 aromatic carbocycles. The van der Waals surface area contributed by atoms with Gasteiger partial charge in [-0.1, -0.05) is 36.1 Å². The van der Waals surface area contributed by atoms with Crippen molar-refractivity contribution in [2.75, 3.05) is 19.0 Å². The first kappa shape index (κ1) is 21.3. The van der Waals surface area contributed by atoms with Crippen molar-refractivity contribution in [3.8, 4) is 11.5 Å². The minimum Gasteiger partial charge on any atom is -0.507 e. The van der Waals surface area contributed by atoms with Gasteiger partial charge in [-0.3, -0.25) is 14.5 Å². The summed E-state index contributed by atoms with van der Waals surface area (Å²) in [6, 6.07) is 10.8. The first-order valence-corrected chi connectivity index (χ1v) is 9.76. The highest BCUT2D eigenvalue weighted by Gasteiger charge is 2.33. The Morgan fingerprint density at radius 1 is 1.23 bits per heavy atom. The van der Waals surface area contributed by atoms with Crippen LogP contribution in [0.2, 0.25) is 0 Å². The summed E-state index contributed by atoms with van der Waals surface area (Å²) < 4.78 is 5.35. The SMILES string of the molecule is COc1ccc(/C=C2/SC(=S)N(CC(=O)Nc3ccc(C(=O)O)c(O)c3)C2=O)cc1. The highest BCUT2D eigenvalue weighted by atomic mass is 32.2. The summed E-state index contributed by atoms with van der Waals surface area (Å²) in [5.74, 6) is -2.00. The summed E-state index contributed by atoms with van der Waals surface area (Å²) in [5, 5.41) is 21.1. The minimum atomic E-state index is -1.29. The van der Waals surface area contributed by atoms with Gasteiger partial charge in [0.05, 0.1) is 12.0 Å². The van der Waals surface area contributed by atoms with Crippen molar-refractivity contribution in [1.29, 1.82) is 0 Å². The molecule has 1 fully saturated rings. The van der Waals surface area contributed by atoms with Crippen LogP contribution in [0.3, 0.4) is 0 Å². The Balaban J connectivity index is 1.67. The lowest BCUT2D eigenvalue weighted by atomic mass is 10.2. The molecule has 8 nitrogen and oxygen atoms in total. The zero-order valence-electron chi connectivity index (χ0n) is 15.6. The van der Waals surface area contributed by atoms with Gasteiger partial charge in [0, 0.05) is 11.8 Å². The van der Waals surface area contributed by atoms with Gasteiger partial charge in [0.25, 0.3) is 5.91 Å². The van der Waals surface area contributed by atoms with E-state index in [-0.39, 0.29) is 28.0 Å². The third-order valence-corrected chi connectivity index (χ3v) is 5.48. The van der Waals surface area contributed by atoms with Gasteiger partial charge >= 0.3 is 5.97 Å². The smallest absolute Gasteiger partial charge is 0.339 e. The number of rotatable bonds is 6. The summed E-state index contributed by atoms with van der Waals surface area (Å²) >= 11 is 6.32. The van der Waals surface area contributed by atoms with Crippen molar-refractivity contribution < 1.29 is 29.3 Å². The van der Waals surface area contributed by atoms with Gasteiger partial charge in [0.15, 0.2) is 0 Å². The quantitative estimate of drug-likeness (QED) is 0.460. The zero-order valence-corrected chi connectivity index (χ0v) is 17.3. The number of methoxy groups -OCH3 is 1. The van der Waals surface area contributed by atoms with Crippen LogP contribution >= 0.6 is 24.0 Å². The lowest BCUT2D eigenvalue weighted by Gasteiger charge is -2.14. The van der Waals surface area contributed by atoms with E-state index in [1.165, 1.54) is 17.0 Å².